The third-order valence-electron chi connectivity index (χ3n) is 3.45. The van der Waals surface area contributed by atoms with E-state index >= 15 is 0 Å². The van der Waals surface area contributed by atoms with Crippen LogP contribution >= 0.6 is 24.0 Å². The first kappa shape index (κ1) is 19.1. The summed E-state index contributed by atoms with van der Waals surface area (Å²) in [5, 5.41) is 12.8. The molecule has 124 valence electrons. The molecule has 0 aliphatic carbocycles. The first-order valence-electron chi connectivity index (χ1n) is 6.99. The van der Waals surface area contributed by atoms with Gasteiger partial charge in [-0.15, -0.1) is 24.0 Å². The summed E-state index contributed by atoms with van der Waals surface area (Å²) in [4.78, 5) is 4.27. The molecule has 2 aromatic carbocycles. The zero-order valence-electron chi connectivity index (χ0n) is 13.5. The third-order valence-corrected chi connectivity index (χ3v) is 3.45. The van der Waals surface area contributed by atoms with Crippen molar-refractivity contribution < 1.29 is 9.84 Å². The second kappa shape index (κ2) is 8.61. The number of aliphatic imine (C=N–C) groups is 1. The summed E-state index contributed by atoms with van der Waals surface area (Å²) < 4.78 is 5.00. The molecule has 0 aliphatic rings. The third kappa shape index (κ3) is 5.31. The van der Waals surface area contributed by atoms with Crippen LogP contribution in [0.3, 0.4) is 0 Å². The molecule has 0 saturated heterocycles. The van der Waals surface area contributed by atoms with Gasteiger partial charge in [-0.05, 0) is 54.8 Å². The number of hydrogen-bond donors (Lipinski definition) is 3. The van der Waals surface area contributed by atoms with E-state index in [1.807, 2.05) is 31.2 Å². The predicted molar refractivity (Wildman–Crippen MR) is 105 cm³/mol. The highest BCUT2D eigenvalue weighted by Crippen LogP contribution is 2.26. The molecule has 6 heteroatoms. The summed E-state index contributed by atoms with van der Waals surface area (Å²) in [6, 6.07) is 11.2. The molecule has 0 unspecified atom stereocenters. The van der Waals surface area contributed by atoms with Gasteiger partial charge in [0.05, 0.1) is 13.7 Å². The largest absolute Gasteiger partial charge is 0.504 e. The minimum absolute atomic E-state index is 0. The normalized spacial score (nSPS) is 10.8. The molecule has 0 saturated carbocycles. The van der Waals surface area contributed by atoms with Crippen LogP contribution in [-0.4, -0.2) is 18.2 Å². The van der Waals surface area contributed by atoms with E-state index in [9.17, 15) is 5.11 Å². The molecular weight excluding hydrogens is 405 g/mol. The molecule has 2 rings (SSSR count). The average Bonchev–Trinajstić information content (AvgIpc) is 2.49. The maximum Gasteiger partial charge on any atom is 0.193 e. The Hall–Kier alpha value is -1.96. The first-order chi connectivity index (χ1) is 10.5. The van der Waals surface area contributed by atoms with Gasteiger partial charge in [-0.2, -0.15) is 0 Å². The molecule has 0 aromatic heterocycles. The summed E-state index contributed by atoms with van der Waals surface area (Å²) in [6.07, 6.45) is 0. The Kier molecular flexibility index (Phi) is 7.15. The van der Waals surface area contributed by atoms with Gasteiger partial charge in [0.2, 0.25) is 0 Å². The number of nitrogens with two attached hydrogens (primary N) is 1. The highest BCUT2D eigenvalue weighted by atomic mass is 127. The van der Waals surface area contributed by atoms with E-state index in [1.54, 1.807) is 12.1 Å². The molecule has 0 fully saturated rings. The van der Waals surface area contributed by atoms with E-state index in [0.29, 0.717) is 18.3 Å². The summed E-state index contributed by atoms with van der Waals surface area (Å²) in [7, 11) is 1.51. The lowest BCUT2D eigenvalue weighted by molar-refractivity contribution is 0.373. The van der Waals surface area contributed by atoms with Crippen molar-refractivity contribution in [3.05, 3.63) is 53.1 Å². The lowest BCUT2D eigenvalue weighted by Crippen LogP contribution is -2.22. The van der Waals surface area contributed by atoms with Crippen LogP contribution in [-0.2, 0) is 6.54 Å². The molecule has 0 amide bonds. The predicted octanol–water partition coefficient (Wildman–Crippen LogP) is 3.56. The monoisotopic (exact) mass is 427 g/mol. The Morgan fingerprint density at radius 3 is 2.52 bits per heavy atom. The lowest BCUT2D eigenvalue weighted by Gasteiger charge is -2.08. The van der Waals surface area contributed by atoms with Gasteiger partial charge in [0.15, 0.2) is 17.5 Å². The molecule has 4 N–H and O–H groups in total. The number of nitrogens with one attached hydrogen (secondary N) is 1. The summed E-state index contributed by atoms with van der Waals surface area (Å²) >= 11 is 0. The second-order valence-electron chi connectivity index (χ2n) is 5.13. The van der Waals surface area contributed by atoms with Crippen LogP contribution in [0.25, 0.3) is 0 Å². The molecule has 0 bridgehead atoms. The van der Waals surface area contributed by atoms with Crippen molar-refractivity contribution in [2.24, 2.45) is 10.7 Å². The summed E-state index contributed by atoms with van der Waals surface area (Å²) in [5.74, 6) is 0.864. The van der Waals surface area contributed by atoms with Crippen LogP contribution in [0.5, 0.6) is 11.5 Å². The lowest BCUT2D eigenvalue weighted by atomic mass is 10.1. The van der Waals surface area contributed by atoms with Gasteiger partial charge in [0.1, 0.15) is 0 Å². The SMILES string of the molecule is COc1ccc(CN=C(N)Nc2ccc(C)c(C)c2)cc1O.I. The van der Waals surface area contributed by atoms with E-state index < -0.39 is 0 Å². The van der Waals surface area contributed by atoms with Crippen LogP contribution in [0.1, 0.15) is 16.7 Å². The van der Waals surface area contributed by atoms with Crippen molar-refractivity contribution in [3.8, 4) is 11.5 Å². The standard InChI is InChI=1S/C17H21N3O2.HI/c1-11-4-6-14(8-12(11)2)20-17(18)19-10-13-5-7-16(22-3)15(21)9-13;/h4-9,21H,10H2,1-3H3,(H3,18,19,20);1H. The summed E-state index contributed by atoms with van der Waals surface area (Å²) in [6.45, 7) is 4.49. The Labute approximate surface area is 153 Å². The number of aromatic hydroxyl groups is 1. The zero-order chi connectivity index (χ0) is 16.1. The van der Waals surface area contributed by atoms with Crippen LogP contribution in [0.2, 0.25) is 0 Å². The topological polar surface area (TPSA) is 79.9 Å². The van der Waals surface area contributed by atoms with Crippen molar-refractivity contribution in [1.82, 2.24) is 0 Å². The van der Waals surface area contributed by atoms with E-state index in [1.165, 1.54) is 18.2 Å². The number of nitrogens with zero attached hydrogens (tertiary/aromatic N) is 1. The summed E-state index contributed by atoms with van der Waals surface area (Å²) in [5.41, 5.74) is 10.1. The number of phenols is 1. The fourth-order valence-corrected chi connectivity index (χ4v) is 2.02. The molecule has 0 heterocycles. The van der Waals surface area contributed by atoms with Crippen molar-refractivity contribution in [2.45, 2.75) is 20.4 Å². The van der Waals surface area contributed by atoms with Gasteiger partial charge in [0, 0.05) is 5.69 Å². The number of phenolic OH excluding ortho intramolecular Hbond substituents is 1. The Balaban J connectivity index is 0.00000264. The van der Waals surface area contributed by atoms with Crippen LogP contribution < -0.4 is 15.8 Å². The number of anilines is 1. The van der Waals surface area contributed by atoms with Gasteiger partial charge in [0.25, 0.3) is 0 Å². The Bertz CT molecular complexity index is 702. The van der Waals surface area contributed by atoms with E-state index in [2.05, 4.69) is 17.2 Å². The number of benzene rings is 2. The molecule has 23 heavy (non-hydrogen) atoms. The molecule has 0 radical (unpaired) electrons. The number of ether oxygens (including phenoxy) is 1. The van der Waals surface area contributed by atoms with Crippen LogP contribution in [0, 0.1) is 13.8 Å². The van der Waals surface area contributed by atoms with E-state index in [0.717, 1.165) is 11.3 Å². The molecular formula is C17H22IN3O2. The van der Waals surface area contributed by atoms with Crippen molar-refractivity contribution in [3.63, 3.8) is 0 Å². The quantitative estimate of drug-likeness (QED) is 0.396. The van der Waals surface area contributed by atoms with Gasteiger partial charge in [-0.1, -0.05) is 12.1 Å². The highest BCUT2D eigenvalue weighted by molar-refractivity contribution is 14.0. The van der Waals surface area contributed by atoms with Crippen molar-refractivity contribution in [2.75, 3.05) is 12.4 Å². The van der Waals surface area contributed by atoms with Gasteiger partial charge >= 0.3 is 0 Å². The van der Waals surface area contributed by atoms with Gasteiger partial charge in [-0.25, -0.2) is 4.99 Å². The smallest absolute Gasteiger partial charge is 0.193 e. The van der Waals surface area contributed by atoms with Crippen molar-refractivity contribution >= 4 is 35.6 Å². The van der Waals surface area contributed by atoms with E-state index in [4.69, 9.17) is 10.5 Å². The van der Waals surface area contributed by atoms with Crippen LogP contribution in [0.15, 0.2) is 41.4 Å². The molecule has 2 aromatic rings. The highest BCUT2D eigenvalue weighted by Gasteiger charge is 2.02. The molecule has 5 nitrogen and oxygen atoms in total. The maximum absolute atomic E-state index is 9.73. The molecule has 0 aliphatic heterocycles. The number of methoxy groups -OCH3 is 1. The maximum atomic E-state index is 9.73. The van der Waals surface area contributed by atoms with E-state index in [-0.39, 0.29) is 29.7 Å². The first-order valence-corrected chi connectivity index (χ1v) is 6.99. The van der Waals surface area contributed by atoms with Crippen LogP contribution in [0.4, 0.5) is 5.69 Å². The number of guanidine groups is 1. The minimum Gasteiger partial charge on any atom is -0.504 e. The minimum atomic E-state index is 0. The molecule has 0 spiro atoms. The number of rotatable bonds is 4. The number of halogens is 1. The van der Waals surface area contributed by atoms with Gasteiger partial charge < -0.3 is 20.9 Å². The number of aryl methyl sites for hydroxylation is 2. The van der Waals surface area contributed by atoms with Crippen molar-refractivity contribution in [1.29, 1.82) is 0 Å². The fourth-order valence-electron chi connectivity index (χ4n) is 2.02. The Morgan fingerprint density at radius 2 is 1.91 bits per heavy atom. The molecule has 0 atom stereocenters. The fraction of sp³-hybridized carbons (Fsp3) is 0.235. The zero-order valence-corrected chi connectivity index (χ0v) is 15.8. The second-order valence-corrected chi connectivity index (χ2v) is 5.13. The number of hydrogen-bond acceptors (Lipinski definition) is 3. The Morgan fingerprint density at radius 1 is 1.17 bits per heavy atom. The van der Waals surface area contributed by atoms with Gasteiger partial charge in [-0.3, -0.25) is 0 Å². The average molecular weight is 427 g/mol.